The van der Waals surface area contributed by atoms with Crippen molar-refractivity contribution in [2.75, 3.05) is 20.3 Å². The van der Waals surface area contributed by atoms with E-state index in [0.717, 1.165) is 34.9 Å². The Morgan fingerprint density at radius 3 is 2.50 bits per heavy atom. The Morgan fingerprint density at radius 1 is 1.03 bits per heavy atom. The number of nitrogens with zero attached hydrogens (tertiary/aromatic N) is 3. The van der Waals surface area contributed by atoms with Crippen LogP contribution in [0.25, 0.3) is 6.08 Å². The number of methoxy groups -OCH3 is 1. The molecule has 186 valence electrons. The Bertz CT molecular complexity index is 1230. The highest BCUT2D eigenvalue weighted by Crippen LogP contribution is 2.36. The molecule has 3 aliphatic rings. The van der Waals surface area contributed by atoms with Gasteiger partial charge in [0, 0.05) is 12.0 Å². The molecule has 0 aromatic heterocycles. The van der Waals surface area contributed by atoms with Gasteiger partial charge in [0.1, 0.15) is 35.5 Å². The minimum absolute atomic E-state index is 0.0679. The molecule has 2 heterocycles. The summed E-state index contributed by atoms with van der Waals surface area (Å²) in [5, 5.41) is 16.2. The largest absolute Gasteiger partial charge is 0.497 e. The van der Waals surface area contributed by atoms with E-state index in [2.05, 4.69) is 10.1 Å². The van der Waals surface area contributed by atoms with Crippen LogP contribution in [-0.4, -0.2) is 47.3 Å². The van der Waals surface area contributed by atoms with Gasteiger partial charge < -0.3 is 14.2 Å². The van der Waals surface area contributed by atoms with Crippen LogP contribution >= 0.6 is 11.8 Å². The van der Waals surface area contributed by atoms with E-state index >= 15 is 0 Å². The lowest BCUT2D eigenvalue weighted by atomic mass is 9.90. The molecule has 1 aliphatic carbocycles. The monoisotopic (exact) mass is 504 g/mol. The van der Waals surface area contributed by atoms with Crippen molar-refractivity contribution in [2.24, 2.45) is 16.0 Å². The number of fused-ring (bicyclic) bond motifs is 1. The number of nitrogens with one attached hydrogen (secondary N) is 1. The van der Waals surface area contributed by atoms with Crippen molar-refractivity contribution in [2.45, 2.75) is 32.1 Å². The smallest absolute Gasteiger partial charge is 0.283 e. The third-order valence-electron chi connectivity index (χ3n) is 6.28. The van der Waals surface area contributed by atoms with E-state index < -0.39 is 5.91 Å². The number of hydrogen-bond acceptors (Lipinski definition) is 7. The lowest BCUT2D eigenvalue weighted by Gasteiger charge is -2.20. The van der Waals surface area contributed by atoms with Crippen molar-refractivity contribution in [1.29, 1.82) is 5.41 Å². The van der Waals surface area contributed by atoms with Crippen molar-refractivity contribution in [3.05, 3.63) is 59.7 Å². The Hall–Kier alpha value is -3.59. The van der Waals surface area contributed by atoms with Gasteiger partial charge in [-0.2, -0.15) is 15.1 Å². The minimum atomic E-state index is -0.408. The van der Waals surface area contributed by atoms with Crippen LogP contribution in [0.5, 0.6) is 17.2 Å². The molecule has 0 radical (unpaired) electrons. The fourth-order valence-corrected chi connectivity index (χ4v) is 5.42. The standard InChI is InChI=1S/C27H28N4O4S/c1-33-21-8-5-9-22(17-21)35-15-14-34-20-12-10-18(11-13-20)16-23-24(28)31-27(29-25(23)32)36-26(30-31)19-6-3-2-4-7-19/h5,8-13,16-17,19,28H,2-4,6-7,14-15H2,1H3/b23-16+,28-24?. The third-order valence-corrected chi connectivity index (χ3v) is 7.35. The Morgan fingerprint density at radius 2 is 1.75 bits per heavy atom. The summed E-state index contributed by atoms with van der Waals surface area (Å²) >= 11 is 1.43. The third kappa shape index (κ3) is 5.46. The Labute approximate surface area is 214 Å². The zero-order valence-corrected chi connectivity index (χ0v) is 20.9. The van der Waals surface area contributed by atoms with Crippen LogP contribution in [0.3, 0.4) is 0 Å². The number of thioether (sulfide) groups is 1. The van der Waals surface area contributed by atoms with Gasteiger partial charge in [-0.05, 0) is 60.5 Å². The quantitative estimate of drug-likeness (QED) is 0.384. The van der Waals surface area contributed by atoms with Crippen molar-refractivity contribution in [3.8, 4) is 17.2 Å². The number of amides is 1. The first kappa shape index (κ1) is 24.1. The molecule has 0 bridgehead atoms. The predicted octanol–water partition coefficient (Wildman–Crippen LogP) is 5.35. The number of aliphatic imine (C=N–C) groups is 1. The average molecular weight is 505 g/mol. The van der Waals surface area contributed by atoms with Gasteiger partial charge in [0.05, 0.1) is 12.7 Å². The molecule has 2 aromatic carbocycles. The fourth-order valence-electron chi connectivity index (χ4n) is 4.36. The molecule has 36 heavy (non-hydrogen) atoms. The molecular weight excluding hydrogens is 476 g/mol. The number of amidine groups is 2. The maximum atomic E-state index is 12.7. The lowest BCUT2D eigenvalue weighted by Crippen LogP contribution is -2.35. The SMILES string of the molecule is COc1cccc(OCCOc2ccc(/C=C3\C(=N)N4N=C(C5CCCCC5)SC4=NC3=O)cc2)c1. The molecule has 1 amide bonds. The molecule has 0 atom stereocenters. The van der Waals surface area contributed by atoms with Crippen molar-refractivity contribution >= 4 is 39.8 Å². The molecule has 2 aromatic rings. The first-order valence-electron chi connectivity index (χ1n) is 12.1. The van der Waals surface area contributed by atoms with E-state index in [1.807, 2.05) is 48.5 Å². The molecule has 1 fully saturated rings. The van der Waals surface area contributed by atoms with Crippen LogP contribution in [0.1, 0.15) is 37.7 Å². The highest BCUT2D eigenvalue weighted by molar-refractivity contribution is 8.27. The van der Waals surface area contributed by atoms with E-state index in [0.29, 0.717) is 30.0 Å². The molecule has 2 aliphatic heterocycles. The van der Waals surface area contributed by atoms with Crippen LogP contribution in [-0.2, 0) is 4.79 Å². The maximum Gasteiger partial charge on any atom is 0.283 e. The summed E-state index contributed by atoms with van der Waals surface area (Å²) in [6.45, 7) is 0.772. The summed E-state index contributed by atoms with van der Waals surface area (Å²) in [6.07, 6.45) is 7.57. The summed E-state index contributed by atoms with van der Waals surface area (Å²) in [5.41, 5.74) is 1.01. The molecule has 8 nitrogen and oxygen atoms in total. The first-order valence-corrected chi connectivity index (χ1v) is 12.9. The van der Waals surface area contributed by atoms with Crippen LogP contribution in [0, 0.1) is 11.3 Å². The molecule has 9 heteroatoms. The number of hydrazone groups is 1. The van der Waals surface area contributed by atoms with Gasteiger partial charge in [0.15, 0.2) is 5.84 Å². The maximum absolute atomic E-state index is 12.7. The van der Waals surface area contributed by atoms with Gasteiger partial charge in [-0.3, -0.25) is 10.2 Å². The number of ether oxygens (including phenoxy) is 3. The fraction of sp³-hybridized carbons (Fsp3) is 0.333. The van der Waals surface area contributed by atoms with Crippen LogP contribution in [0.2, 0.25) is 0 Å². The highest BCUT2D eigenvalue weighted by Gasteiger charge is 2.37. The molecule has 1 saturated carbocycles. The topological polar surface area (TPSA) is 96.6 Å². The van der Waals surface area contributed by atoms with Crippen LogP contribution in [0.4, 0.5) is 0 Å². The summed E-state index contributed by atoms with van der Waals surface area (Å²) in [7, 11) is 1.62. The van der Waals surface area contributed by atoms with Gasteiger partial charge in [-0.15, -0.1) is 0 Å². The van der Waals surface area contributed by atoms with Crippen molar-refractivity contribution in [3.63, 3.8) is 0 Å². The molecule has 1 N–H and O–H groups in total. The number of hydrogen-bond donors (Lipinski definition) is 1. The second-order valence-electron chi connectivity index (χ2n) is 8.74. The molecule has 0 spiro atoms. The van der Waals surface area contributed by atoms with E-state index in [1.54, 1.807) is 13.2 Å². The molecular formula is C27H28N4O4S. The number of carbonyl (C=O) groups is 1. The zero-order valence-electron chi connectivity index (χ0n) is 20.1. The number of rotatable bonds is 8. The van der Waals surface area contributed by atoms with Gasteiger partial charge in [-0.25, -0.2) is 0 Å². The molecule has 0 unspecified atom stereocenters. The van der Waals surface area contributed by atoms with Gasteiger partial charge in [-0.1, -0.05) is 37.5 Å². The van der Waals surface area contributed by atoms with Gasteiger partial charge in [0.25, 0.3) is 5.91 Å². The van der Waals surface area contributed by atoms with Crippen LogP contribution in [0.15, 0.2) is 64.2 Å². The predicted molar refractivity (Wildman–Crippen MR) is 142 cm³/mol. The summed E-state index contributed by atoms with van der Waals surface area (Å²) in [4.78, 5) is 16.9. The highest BCUT2D eigenvalue weighted by atomic mass is 32.2. The normalized spacial score (nSPS) is 19.1. The molecule has 0 saturated heterocycles. The number of carbonyl (C=O) groups excluding carboxylic acids is 1. The van der Waals surface area contributed by atoms with E-state index in [1.165, 1.54) is 36.0 Å². The zero-order chi connectivity index (χ0) is 24.9. The molecule has 5 rings (SSSR count). The lowest BCUT2D eigenvalue weighted by molar-refractivity contribution is -0.114. The van der Waals surface area contributed by atoms with Crippen LogP contribution < -0.4 is 14.2 Å². The van der Waals surface area contributed by atoms with Crippen molar-refractivity contribution in [1.82, 2.24) is 5.01 Å². The number of benzene rings is 2. The Kier molecular flexibility index (Phi) is 7.36. The van der Waals surface area contributed by atoms with Crippen molar-refractivity contribution < 1.29 is 19.0 Å². The average Bonchev–Trinajstić information content (AvgIpc) is 3.35. The van der Waals surface area contributed by atoms with Gasteiger partial charge in [0.2, 0.25) is 5.17 Å². The Balaban J connectivity index is 1.18. The summed E-state index contributed by atoms with van der Waals surface area (Å²) in [5.74, 6) is 2.21. The minimum Gasteiger partial charge on any atom is -0.497 e. The second kappa shape index (κ2) is 11.0. The second-order valence-corrected chi connectivity index (χ2v) is 9.73. The summed E-state index contributed by atoms with van der Waals surface area (Å²) in [6, 6.07) is 14.8. The van der Waals surface area contributed by atoms with E-state index in [4.69, 9.17) is 19.6 Å². The summed E-state index contributed by atoms with van der Waals surface area (Å²) < 4.78 is 16.6. The van der Waals surface area contributed by atoms with Gasteiger partial charge >= 0.3 is 0 Å². The first-order chi connectivity index (χ1) is 17.6. The van der Waals surface area contributed by atoms with E-state index in [-0.39, 0.29) is 11.4 Å². The van der Waals surface area contributed by atoms with E-state index in [9.17, 15) is 4.79 Å².